The minimum absolute atomic E-state index is 0.0370. The molecule has 0 aliphatic carbocycles. The first-order valence-electron chi connectivity index (χ1n) is 4.53. The van der Waals surface area contributed by atoms with Crippen molar-refractivity contribution >= 4 is 17.6 Å². The summed E-state index contributed by atoms with van der Waals surface area (Å²) in [5.41, 5.74) is 0.232. The molecule has 1 aromatic rings. The van der Waals surface area contributed by atoms with E-state index in [0.717, 1.165) is 0 Å². The van der Waals surface area contributed by atoms with Gasteiger partial charge >= 0.3 is 11.6 Å². The Kier molecular flexibility index (Phi) is 3.90. The maximum Gasteiger partial charge on any atom is 0.355 e. The fourth-order valence-electron chi connectivity index (χ4n) is 0.990. The predicted octanol–water partition coefficient (Wildman–Crippen LogP) is 2.22. The summed E-state index contributed by atoms with van der Waals surface area (Å²) in [4.78, 5) is 22.3. The van der Waals surface area contributed by atoms with Crippen molar-refractivity contribution in [2.24, 2.45) is 0 Å². The molecule has 0 N–H and O–H groups in total. The molecule has 0 radical (unpaired) electrons. The van der Waals surface area contributed by atoms with Crippen LogP contribution in [0.2, 0.25) is 5.02 Å². The van der Waals surface area contributed by atoms with E-state index in [1.807, 2.05) is 0 Å². The standard InChI is InChI=1S/C11H11ClO4/c1-6(2)10(13)15-5-8-4-7(3)9(12)11(14)16-8/h4H,1,5H2,2-3H3. The van der Waals surface area contributed by atoms with Gasteiger partial charge in [0.25, 0.3) is 0 Å². The fraction of sp³-hybridized carbons (Fsp3) is 0.273. The molecule has 1 aromatic heterocycles. The summed E-state index contributed by atoms with van der Waals surface area (Å²) in [7, 11) is 0. The minimum Gasteiger partial charge on any atom is -0.454 e. The third kappa shape index (κ3) is 2.97. The van der Waals surface area contributed by atoms with Gasteiger partial charge in [0.05, 0.1) is 0 Å². The molecule has 5 heteroatoms. The number of carbonyl (C=O) groups excluding carboxylic acids is 1. The Balaban J connectivity index is 2.80. The summed E-state index contributed by atoms with van der Waals surface area (Å²) in [5.74, 6) is -0.281. The molecule has 0 aliphatic heterocycles. The van der Waals surface area contributed by atoms with Gasteiger partial charge in [-0.25, -0.2) is 9.59 Å². The first-order valence-corrected chi connectivity index (χ1v) is 4.91. The van der Waals surface area contributed by atoms with Crippen LogP contribution in [0.4, 0.5) is 0 Å². The molecule has 0 amide bonds. The summed E-state index contributed by atoms with van der Waals surface area (Å²) in [6.45, 7) is 6.52. The first kappa shape index (κ1) is 12.5. The summed E-state index contributed by atoms with van der Waals surface area (Å²) in [6, 6.07) is 1.55. The Morgan fingerprint density at radius 2 is 2.25 bits per heavy atom. The van der Waals surface area contributed by atoms with Crippen molar-refractivity contribution in [3.8, 4) is 0 Å². The topological polar surface area (TPSA) is 56.5 Å². The molecule has 0 saturated carbocycles. The van der Waals surface area contributed by atoms with Gasteiger partial charge in [0.1, 0.15) is 17.4 Å². The maximum absolute atomic E-state index is 11.2. The molecule has 0 unspecified atom stereocenters. The molecule has 0 bridgehead atoms. The molecule has 0 aliphatic rings. The van der Waals surface area contributed by atoms with E-state index in [2.05, 4.69) is 6.58 Å². The number of esters is 1. The largest absolute Gasteiger partial charge is 0.454 e. The van der Waals surface area contributed by atoms with E-state index >= 15 is 0 Å². The molecule has 0 atom stereocenters. The van der Waals surface area contributed by atoms with E-state index in [-0.39, 0.29) is 23.0 Å². The molecule has 1 rings (SSSR count). The van der Waals surface area contributed by atoms with Crippen LogP contribution < -0.4 is 5.63 Å². The van der Waals surface area contributed by atoms with Crippen LogP contribution in [0.5, 0.6) is 0 Å². The lowest BCUT2D eigenvalue weighted by molar-refractivity contribution is -0.140. The number of hydrogen-bond acceptors (Lipinski definition) is 4. The van der Waals surface area contributed by atoms with Gasteiger partial charge in [-0.2, -0.15) is 0 Å². The van der Waals surface area contributed by atoms with Crippen LogP contribution >= 0.6 is 11.6 Å². The van der Waals surface area contributed by atoms with Crippen LogP contribution in [0.1, 0.15) is 18.2 Å². The Bertz CT molecular complexity index is 487. The second kappa shape index (κ2) is 4.99. The van der Waals surface area contributed by atoms with Crippen molar-refractivity contribution in [3.63, 3.8) is 0 Å². The summed E-state index contributed by atoms with van der Waals surface area (Å²) < 4.78 is 9.65. The third-order valence-corrected chi connectivity index (χ3v) is 2.27. The zero-order chi connectivity index (χ0) is 12.3. The van der Waals surface area contributed by atoms with Gasteiger partial charge in [0, 0.05) is 5.57 Å². The van der Waals surface area contributed by atoms with Crippen molar-refractivity contribution in [2.45, 2.75) is 20.5 Å². The van der Waals surface area contributed by atoms with Gasteiger partial charge in [0.15, 0.2) is 0 Å². The van der Waals surface area contributed by atoms with Gasteiger partial charge in [-0.05, 0) is 25.5 Å². The van der Waals surface area contributed by atoms with Crippen molar-refractivity contribution in [2.75, 3.05) is 0 Å². The molecule has 0 aromatic carbocycles. The molecule has 16 heavy (non-hydrogen) atoms. The summed E-state index contributed by atoms with van der Waals surface area (Å²) in [5, 5.41) is 0.0370. The number of halogens is 1. The SMILES string of the molecule is C=C(C)C(=O)OCc1cc(C)c(Cl)c(=O)o1. The summed E-state index contributed by atoms with van der Waals surface area (Å²) in [6.07, 6.45) is 0. The van der Waals surface area contributed by atoms with E-state index in [0.29, 0.717) is 5.56 Å². The van der Waals surface area contributed by atoms with Crippen molar-refractivity contribution in [3.05, 3.63) is 45.0 Å². The quantitative estimate of drug-likeness (QED) is 0.602. The minimum atomic E-state index is -0.636. The highest BCUT2D eigenvalue weighted by atomic mass is 35.5. The molecular weight excluding hydrogens is 232 g/mol. The number of rotatable bonds is 3. The lowest BCUT2D eigenvalue weighted by Gasteiger charge is -2.04. The Morgan fingerprint density at radius 1 is 1.62 bits per heavy atom. The highest BCUT2D eigenvalue weighted by molar-refractivity contribution is 6.31. The van der Waals surface area contributed by atoms with Crippen LogP contribution in [-0.4, -0.2) is 5.97 Å². The summed E-state index contributed by atoms with van der Waals surface area (Å²) >= 11 is 5.63. The van der Waals surface area contributed by atoms with Crippen LogP contribution in [0, 0.1) is 6.92 Å². The Hall–Kier alpha value is -1.55. The lowest BCUT2D eigenvalue weighted by Crippen LogP contribution is -2.08. The number of hydrogen-bond donors (Lipinski definition) is 0. The van der Waals surface area contributed by atoms with Crippen LogP contribution in [0.25, 0.3) is 0 Å². The maximum atomic E-state index is 11.2. The van der Waals surface area contributed by atoms with E-state index in [1.165, 1.54) is 6.92 Å². The van der Waals surface area contributed by atoms with E-state index in [1.54, 1.807) is 13.0 Å². The van der Waals surface area contributed by atoms with Gasteiger partial charge in [-0.3, -0.25) is 0 Å². The predicted molar refractivity (Wildman–Crippen MR) is 59.3 cm³/mol. The fourth-order valence-corrected chi connectivity index (χ4v) is 1.08. The first-order chi connectivity index (χ1) is 7.41. The van der Waals surface area contributed by atoms with Crippen molar-refractivity contribution in [1.82, 2.24) is 0 Å². The average Bonchev–Trinajstić information content (AvgIpc) is 2.22. The monoisotopic (exact) mass is 242 g/mol. The second-order valence-electron chi connectivity index (χ2n) is 3.35. The molecule has 0 fully saturated rings. The zero-order valence-corrected chi connectivity index (χ0v) is 9.76. The van der Waals surface area contributed by atoms with Crippen LogP contribution in [0.15, 0.2) is 27.4 Å². The lowest BCUT2D eigenvalue weighted by atomic mass is 10.3. The molecule has 4 nitrogen and oxygen atoms in total. The Labute approximate surface area is 97.5 Å². The van der Waals surface area contributed by atoms with Crippen LogP contribution in [-0.2, 0) is 16.1 Å². The third-order valence-electron chi connectivity index (χ3n) is 1.82. The van der Waals surface area contributed by atoms with E-state index in [4.69, 9.17) is 20.8 Å². The van der Waals surface area contributed by atoms with Crippen molar-refractivity contribution < 1.29 is 13.9 Å². The van der Waals surface area contributed by atoms with E-state index < -0.39 is 11.6 Å². The highest BCUT2D eigenvalue weighted by Crippen LogP contribution is 2.12. The molecule has 0 saturated heterocycles. The highest BCUT2D eigenvalue weighted by Gasteiger charge is 2.09. The molecule has 1 heterocycles. The van der Waals surface area contributed by atoms with E-state index in [9.17, 15) is 9.59 Å². The second-order valence-corrected chi connectivity index (χ2v) is 3.73. The molecule has 86 valence electrons. The number of carbonyl (C=O) groups is 1. The normalized spacial score (nSPS) is 9.94. The Morgan fingerprint density at radius 3 is 2.75 bits per heavy atom. The average molecular weight is 243 g/mol. The van der Waals surface area contributed by atoms with Crippen LogP contribution in [0.3, 0.4) is 0 Å². The zero-order valence-electron chi connectivity index (χ0n) is 9.00. The molecular formula is C11H11ClO4. The van der Waals surface area contributed by atoms with Gasteiger partial charge in [-0.1, -0.05) is 18.2 Å². The van der Waals surface area contributed by atoms with Gasteiger partial charge in [-0.15, -0.1) is 0 Å². The van der Waals surface area contributed by atoms with Gasteiger partial charge in [0.2, 0.25) is 0 Å². The smallest absolute Gasteiger partial charge is 0.355 e. The molecule has 0 spiro atoms. The van der Waals surface area contributed by atoms with Gasteiger partial charge < -0.3 is 9.15 Å². The van der Waals surface area contributed by atoms with Crippen molar-refractivity contribution in [1.29, 1.82) is 0 Å². The number of ether oxygens (including phenoxy) is 1. The number of aryl methyl sites for hydroxylation is 1.